The second kappa shape index (κ2) is 5.73. The first kappa shape index (κ1) is 15.7. The summed E-state index contributed by atoms with van der Waals surface area (Å²) in [6.07, 6.45) is 5.28. The maximum absolute atomic E-state index is 11.8. The maximum Gasteiger partial charge on any atom is 0.291 e. The van der Waals surface area contributed by atoms with Gasteiger partial charge in [0.05, 0.1) is 31.9 Å². The van der Waals surface area contributed by atoms with Crippen molar-refractivity contribution in [2.24, 2.45) is 10.9 Å². The number of carbonyl (C=O) groups is 2. The number of amidine groups is 1. The van der Waals surface area contributed by atoms with Gasteiger partial charge in [0.2, 0.25) is 5.91 Å². The minimum atomic E-state index is -0.238. The summed E-state index contributed by atoms with van der Waals surface area (Å²) in [7, 11) is 0. The first-order valence-corrected chi connectivity index (χ1v) is 8.98. The highest BCUT2D eigenvalue weighted by molar-refractivity contribution is 6.14. The van der Waals surface area contributed by atoms with Gasteiger partial charge in [0, 0.05) is 12.5 Å². The quantitative estimate of drug-likeness (QED) is 0.747. The van der Waals surface area contributed by atoms with Gasteiger partial charge in [0.25, 0.3) is 6.02 Å². The molecule has 26 heavy (non-hydrogen) atoms. The van der Waals surface area contributed by atoms with E-state index in [0.29, 0.717) is 30.1 Å². The number of aliphatic imine (C=N–C) groups is 1. The van der Waals surface area contributed by atoms with Crippen molar-refractivity contribution in [2.75, 3.05) is 42.9 Å². The van der Waals surface area contributed by atoms with Crippen molar-refractivity contribution in [1.82, 2.24) is 14.9 Å². The highest BCUT2D eigenvalue weighted by Crippen LogP contribution is 2.40. The largest absolute Gasteiger partial charge is 0.455 e. The number of Topliss-reactive ketones (excluding diaryl/α,β-unsaturated/α-hetero) is 1. The molecule has 6 rings (SSSR count). The summed E-state index contributed by atoms with van der Waals surface area (Å²) < 4.78 is 6.21. The van der Waals surface area contributed by atoms with Gasteiger partial charge in [-0.3, -0.25) is 24.7 Å². The van der Waals surface area contributed by atoms with E-state index in [-0.39, 0.29) is 30.3 Å². The number of aromatic nitrogens is 2. The van der Waals surface area contributed by atoms with Crippen LogP contribution in [0.5, 0.6) is 0 Å². The third-order valence-electron chi connectivity index (χ3n) is 5.75. The lowest BCUT2D eigenvalue weighted by Crippen LogP contribution is -2.61. The molecule has 9 nitrogen and oxygen atoms in total. The molecule has 1 atom stereocenters. The molecule has 0 unspecified atom stereocenters. The van der Waals surface area contributed by atoms with Crippen LogP contribution in [-0.4, -0.2) is 70.9 Å². The van der Waals surface area contributed by atoms with E-state index < -0.39 is 0 Å². The molecule has 0 radical (unpaired) electrons. The Bertz CT molecular complexity index is 786. The smallest absolute Gasteiger partial charge is 0.291 e. The third-order valence-corrected chi connectivity index (χ3v) is 5.75. The Hall–Kier alpha value is -2.55. The number of amides is 1. The molecule has 4 fully saturated rings. The monoisotopic (exact) mass is 356 g/mol. The minimum absolute atomic E-state index is 0.0629. The van der Waals surface area contributed by atoms with Crippen molar-refractivity contribution < 1.29 is 14.3 Å². The van der Waals surface area contributed by atoms with Crippen LogP contribution in [0, 0.1) is 5.92 Å². The van der Waals surface area contributed by atoms with E-state index in [2.05, 4.69) is 25.2 Å². The molecular formula is C17H20N6O3. The second-order valence-corrected chi connectivity index (χ2v) is 7.42. The first-order chi connectivity index (χ1) is 12.6. The highest BCUT2D eigenvalue weighted by atomic mass is 16.5. The number of rotatable bonds is 2. The third kappa shape index (κ3) is 2.54. The van der Waals surface area contributed by atoms with E-state index in [0.717, 1.165) is 19.6 Å². The van der Waals surface area contributed by atoms with Crippen LogP contribution in [0.2, 0.25) is 0 Å². The van der Waals surface area contributed by atoms with Crippen molar-refractivity contribution in [2.45, 2.75) is 24.9 Å². The van der Waals surface area contributed by atoms with Gasteiger partial charge >= 0.3 is 0 Å². The fourth-order valence-electron chi connectivity index (χ4n) is 4.38. The maximum atomic E-state index is 11.8. The predicted molar refractivity (Wildman–Crippen MR) is 92.9 cm³/mol. The number of nitrogens with zero attached hydrogens (tertiary/aromatic N) is 5. The Labute approximate surface area is 150 Å². The van der Waals surface area contributed by atoms with Crippen LogP contribution in [0.25, 0.3) is 0 Å². The number of piperidine rings is 3. The van der Waals surface area contributed by atoms with Crippen LogP contribution in [0.4, 0.5) is 11.6 Å². The molecule has 1 N–H and O–H groups in total. The van der Waals surface area contributed by atoms with Crippen LogP contribution in [-0.2, 0) is 14.3 Å². The lowest BCUT2D eigenvalue weighted by molar-refractivity contribution is -0.121. The number of anilines is 2. The standard InChI is InChI=1S/C17H20N6O3/c24-12-5-15(25)23(8-12)14-7-18-13(6-19-14)21-16-20-9-17(26-16)10-22-3-1-11(17)2-4-22/h6-7,11H,1-5,8-10H2,(H,18,20,21)/t17-/m0/s1. The van der Waals surface area contributed by atoms with Gasteiger partial charge in [-0.1, -0.05) is 0 Å². The van der Waals surface area contributed by atoms with Gasteiger partial charge < -0.3 is 4.74 Å². The molecule has 5 aliphatic rings. The summed E-state index contributed by atoms with van der Waals surface area (Å²) >= 11 is 0. The zero-order valence-electron chi connectivity index (χ0n) is 14.3. The van der Waals surface area contributed by atoms with Crippen molar-refractivity contribution in [3.8, 4) is 0 Å². The number of fused-ring (bicyclic) bond motifs is 2. The van der Waals surface area contributed by atoms with Crippen LogP contribution in [0.15, 0.2) is 17.4 Å². The average Bonchev–Trinajstić information content (AvgIpc) is 3.19. The Kier molecular flexibility index (Phi) is 3.46. The molecule has 9 heteroatoms. The Balaban J connectivity index is 1.25. The molecule has 2 bridgehead atoms. The molecule has 6 heterocycles. The summed E-state index contributed by atoms with van der Waals surface area (Å²) in [6.45, 7) is 3.98. The predicted octanol–water partition coefficient (Wildman–Crippen LogP) is 0.0449. The Morgan fingerprint density at radius 1 is 1.19 bits per heavy atom. The van der Waals surface area contributed by atoms with Crippen molar-refractivity contribution in [1.29, 1.82) is 0 Å². The molecule has 0 aromatic carbocycles. The van der Waals surface area contributed by atoms with Crippen LogP contribution in [0.1, 0.15) is 19.3 Å². The van der Waals surface area contributed by atoms with Gasteiger partial charge in [0.1, 0.15) is 5.60 Å². The van der Waals surface area contributed by atoms with E-state index in [9.17, 15) is 9.59 Å². The van der Waals surface area contributed by atoms with Crippen LogP contribution in [0.3, 0.4) is 0 Å². The van der Waals surface area contributed by atoms with Crippen molar-refractivity contribution >= 4 is 29.3 Å². The van der Waals surface area contributed by atoms with Crippen molar-refractivity contribution in [3.63, 3.8) is 0 Å². The van der Waals surface area contributed by atoms with E-state index in [1.54, 1.807) is 0 Å². The lowest BCUT2D eigenvalue weighted by Gasteiger charge is -2.50. The summed E-state index contributed by atoms with van der Waals surface area (Å²) in [4.78, 5) is 40.0. The average molecular weight is 356 g/mol. The topological polar surface area (TPSA) is 100 Å². The van der Waals surface area contributed by atoms with Gasteiger partial charge in [-0.05, 0) is 25.9 Å². The number of ether oxygens (including phenoxy) is 1. The molecule has 136 valence electrons. The fraction of sp³-hybridized carbons (Fsp3) is 0.588. The number of hydrogen-bond donors (Lipinski definition) is 1. The zero-order valence-corrected chi connectivity index (χ0v) is 14.3. The Morgan fingerprint density at radius 3 is 2.65 bits per heavy atom. The molecular weight excluding hydrogens is 336 g/mol. The van der Waals surface area contributed by atoms with Crippen LogP contribution >= 0.6 is 0 Å². The summed E-state index contributed by atoms with van der Waals surface area (Å²) in [5, 5.41) is 3.07. The van der Waals surface area contributed by atoms with Crippen LogP contribution < -0.4 is 10.2 Å². The number of ketones is 1. The number of hydrogen-bond acceptors (Lipinski definition) is 8. The number of carbonyl (C=O) groups excluding carboxylic acids is 2. The van der Waals surface area contributed by atoms with E-state index >= 15 is 0 Å². The normalized spacial score (nSPS) is 32.9. The molecule has 0 saturated carbocycles. The van der Waals surface area contributed by atoms with Crippen molar-refractivity contribution in [3.05, 3.63) is 12.4 Å². The molecule has 4 saturated heterocycles. The molecule has 0 aliphatic carbocycles. The molecule has 1 amide bonds. The van der Waals surface area contributed by atoms with Gasteiger partial charge in [0.15, 0.2) is 17.4 Å². The summed E-state index contributed by atoms with van der Waals surface area (Å²) in [5.74, 6) is 1.11. The first-order valence-electron chi connectivity index (χ1n) is 8.98. The zero-order chi connectivity index (χ0) is 17.7. The SMILES string of the molecule is O=C1CC(=O)N(c2cnc(NC3=NC[C@@]4(CN5CCC4CC5)O3)cn2)C1. The number of nitrogens with one attached hydrogen (secondary N) is 1. The minimum Gasteiger partial charge on any atom is -0.455 e. The molecule has 1 spiro atoms. The lowest BCUT2D eigenvalue weighted by atomic mass is 9.75. The highest BCUT2D eigenvalue weighted by Gasteiger charge is 2.51. The second-order valence-electron chi connectivity index (χ2n) is 7.42. The summed E-state index contributed by atoms with van der Waals surface area (Å²) in [5.41, 5.74) is -0.200. The summed E-state index contributed by atoms with van der Waals surface area (Å²) in [6, 6.07) is 0.480. The Morgan fingerprint density at radius 2 is 2.04 bits per heavy atom. The molecule has 1 aromatic rings. The molecule has 1 aromatic heterocycles. The van der Waals surface area contributed by atoms with E-state index in [4.69, 9.17) is 4.74 Å². The van der Waals surface area contributed by atoms with Gasteiger partial charge in [-0.25, -0.2) is 15.0 Å². The van der Waals surface area contributed by atoms with Gasteiger partial charge in [-0.2, -0.15) is 0 Å². The molecule has 5 aliphatic heterocycles. The fourth-order valence-corrected chi connectivity index (χ4v) is 4.38. The van der Waals surface area contributed by atoms with Gasteiger partial charge in [-0.15, -0.1) is 0 Å². The van der Waals surface area contributed by atoms with E-state index in [1.165, 1.54) is 30.1 Å². The van der Waals surface area contributed by atoms with E-state index in [1.807, 2.05) is 0 Å².